The van der Waals surface area contributed by atoms with E-state index >= 15 is 0 Å². The minimum atomic E-state index is 0. The Kier molecular flexibility index (Phi) is 4.73. The summed E-state index contributed by atoms with van der Waals surface area (Å²) in [5.74, 6) is 0. The van der Waals surface area contributed by atoms with Crippen molar-refractivity contribution in [2.24, 2.45) is 0 Å². The molecule has 0 saturated carbocycles. The predicted octanol–water partition coefficient (Wildman–Crippen LogP) is 3.75. The van der Waals surface area contributed by atoms with Crippen LogP contribution >= 0.6 is 39.7 Å². The first-order valence-corrected chi connectivity index (χ1v) is 5.96. The molecular weight excluding hydrogens is 270 g/mol. The lowest BCUT2D eigenvalue weighted by atomic mass is 10.0. The Morgan fingerprint density at radius 2 is 2.23 bits per heavy atom. The summed E-state index contributed by atoms with van der Waals surface area (Å²) >= 11 is 5.34. The maximum Gasteiger partial charge on any atom is 0.0701 e. The van der Waals surface area contributed by atoms with Crippen molar-refractivity contribution in [3.05, 3.63) is 20.8 Å². The quantitative estimate of drug-likeness (QED) is 0.827. The van der Waals surface area contributed by atoms with Crippen molar-refractivity contribution in [1.82, 2.24) is 5.32 Å². The van der Waals surface area contributed by atoms with Crippen LogP contribution in [0.3, 0.4) is 0 Å². The molecule has 0 spiro atoms. The molecular formula is C9H13BrClNS. The first-order valence-electron chi connectivity index (χ1n) is 4.35. The summed E-state index contributed by atoms with van der Waals surface area (Å²) in [5, 5.41) is 3.54. The van der Waals surface area contributed by atoms with Crippen molar-refractivity contribution < 1.29 is 0 Å². The van der Waals surface area contributed by atoms with Crippen LogP contribution in [0.2, 0.25) is 0 Å². The van der Waals surface area contributed by atoms with Crippen molar-refractivity contribution in [2.45, 2.75) is 25.3 Å². The van der Waals surface area contributed by atoms with Gasteiger partial charge in [-0.05, 0) is 47.4 Å². The zero-order chi connectivity index (χ0) is 8.39. The monoisotopic (exact) mass is 281 g/mol. The fraction of sp³-hybridized carbons (Fsp3) is 0.556. The Bertz CT molecular complexity index is 258. The van der Waals surface area contributed by atoms with Gasteiger partial charge < -0.3 is 5.32 Å². The van der Waals surface area contributed by atoms with E-state index in [2.05, 4.69) is 33.4 Å². The number of rotatable bonds is 1. The molecule has 2 rings (SSSR count). The normalized spacial score (nSPS) is 22.4. The summed E-state index contributed by atoms with van der Waals surface area (Å²) in [7, 11) is 0. The molecule has 1 aliphatic heterocycles. The molecule has 0 aromatic carbocycles. The first-order chi connectivity index (χ1) is 5.86. The minimum absolute atomic E-state index is 0. The molecule has 4 heteroatoms. The molecule has 1 nitrogen and oxygen atoms in total. The second-order valence-corrected chi connectivity index (χ2v) is 5.64. The number of hydrogen-bond acceptors (Lipinski definition) is 2. The molecule has 1 aliphatic rings. The van der Waals surface area contributed by atoms with E-state index in [9.17, 15) is 0 Å². The Morgan fingerprint density at radius 1 is 1.38 bits per heavy atom. The number of piperidine rings is 1. The van der Waals surface area contributed by atoms with Crippen molar-refractivity contribution in [3.63, 3.8) is 0 Å². The summed E-state index contributed by atoms with van der Waals surface area (Å²) in [6.45, 7) is 1.18. The molecule has 1 aromatic rings. The van der Waals surface area contributed by atoms with Gasteiger partial charge in [-0.25, -0.2) is 0 Å². The zero-order valence-electron chi connectivity index (χ0n) is 7.25. The maximum absolute atomic E-state index is 3.54. The van der Waals surface area contributed by atoms with Gasteiger partial charge in [-0.2, -0.15) is 0 Å². The average Bonchev–Trinajstić information content (AvgIpc) is 2.54. The largest absolute Gasteiger partial charge is 0.309 e. The van der Waals surface area contributed by atoms with Gasteiger partial charge in [-0.1, -0.05) is 6.42 Å². The van der Waals surface area contributed by atoms with Gasteiger partial charge >= 0.3 is 0 Å². The lowest BCUT2D eigenvalue weighted by Gasteiger charge is -2.21. The molecule has 1 atom stereocenters. The predicted molar refractivity (Wildman–Crippen MR) is 63.9 cm³/mol. The van der Waals surface area contributed by atoms with E-state index in [1.807, 2.05) is 11.3 Å². The second kappa shape index (κ2) is 5.35. The van der Waals surface area contributed by atoms with Gasteiger partial charge in [0.1, 0.15) is 0 Å². The van der Waals surface area contributed by atoms with E-state index in [0.29, 0.717) is 6.04 Å². The van der Waals surface area contributed by atoms with E-state index < -0.39 is 0 Å². The molecule has 0 amide bonds. The smallest absolute Gasteiger partial charge is 0.0701 e. The summed E-state index contributed by atoms with van der Waals surface area (Å²) in [6.07, 6.45) is 4.00. The van der Waals surface area contributed by atoms with Crippen LogP contribution in [0.25, 0.3) is 0 Å². The Morgan fingerprint density at radius 3 is 2.77 bits per heavy atom. The molecule has 13 heavy (non-hydrogen) atoms. The van der Waals surface area contributed by atoms with Crippen LogP contribution < -0.4 is 5.32 Å². The summed E-state index contributed by atoms with van der Waals surface area (Å²) in [6, 6.07) is 4.98. The molecule has 1 N–H and O–H groups in total. The lowest BCUT2D eigenvalue weighted by molar-refractivity contribution is 0.417. The van der Waals surface area contributed by atoms with E-state index in [1.165, 1.54) is 34.5 Å². The van der Waals surface area contributed by atoms with Crippen LogP contribution in [-0.2, 0) is 0 Å². The standard InChI is InChI=1S/C9H12BrNS.ClH/c10-9-5-4-8(12-9)7-3-1-2-6-11-7;/h4-5,7,11H,1-3,6H2;1H/t7-;/m0./s1. The van der Waals surface area contributed by atoms with E-state index in [0.717, 1.165) is 0 Å². The van der Waals surface area contributed by atoms with Crippen LogP contribution in [0.15, 0.2) is 15.9 Å². The molecule has 2 heterocycles. The zero-order valence-corrected chi connectivity index (χ0v) is 10.5. The van der Waals surface area contributed by atoms with Gasteiger partial charge in [0, 0.05) is 10.9 Å². The second-order valence-electron chi connectivity index (χ2n) is 3.14. The minimum Gasteiger partial charge on any atom is -0.309 e. The summed E-state index contributed by atoms with van der Waals surface area (Å²) in [5.41, 5.74) is 0. The van der Waals surface area contributed by atoms with Crippen LogP contribution in [0.1, 0.15) is 30.2 Å². The molecule has 0 radical (unpaired) electrons. The van der Waals surface area contributed by atoms with Crippen LogP contribution in [-0.4, -0.2) is 6.54 Å². The highest BCUT2D eigenvalue weighted by Crippen LogP contribution is 2.31. The summed E-state index contributed by atoms with van der Waals surface area (Å²) < 4.78 is 1.24. The van der Waals surface area contributed by atoms with Gasteiger partial charge in [0.2, 0.25) is 0 Å². The molecule has 1 aromatic heterocycles. The average molecular weight is 283 g/mol. The molecule has 1 fully saturated rings. The molecule has 74 valence electrons. The maximum atomic E-state index is 3.54. The van der Waals surface area contributed by atoms with Crippen LogP contribution in [0.4, 0.5) is 0 Å². The highest BCUT2D eigenvalue weighted by Gasteiger charge is 2.15. The van der Waals surface area contributed by atoms with E-state index in [1.54, 1.807) is 0 Å². The molecule has 0 unspecified atom stereocenters. The number of halogens is 2. The third-order valence-corrected chi connectivity index (χ3v) is 3.99. The van der Waals surface area contributed by atoms with Gasteiger partial charge in [0.15, 0.2) is 0 Å². The van der Waals surface area contributed by atoms with Gasteiger partial charge in [0.05, 0.1) is 3.79 Å². The van der Waals surface area contributed by atoms with E-state index in [4.69, 9.17) is 0 Å². The number of thiophene rings is 1. The molecule has 0 bridgehead atoms. The number of nitrogens with one attached hydrogen (secondary N) is 1. The Labute approximate surface area is 97.5 Å². The molecule has 1 saturated heterocycles. The third kappa shape index (κ3) is 2.94. The topological polar surface area (TPSA) is 12.0 Å². The van der Waals surface area contributed by atoms with E-state index in [-0.39, 0.29) is 12.4 Å². The lowest BCUT2D eigenvalue weighted by Crippen LogP contribution is -2.25. The van der Waals surface area contributed by atoms with Gasteiger partial charge in [-0.15, -0.1) is 23.7 Å². The van der Waals surface area contributed by atoms with Crippen LogP contribution in [0, 0.1) is 0 Å². The fourth-order valence-corrected chi connectivity index (χ4v) is 3.14. The van der Waals surface area contributed by atoms with Crippen molar-refractivity contribution in [2.75, 3.05) is 6.54 Å². The van der Waals surface area contributed by atoms with Crippen LogP contribution in [0.5, 0.6) is 0 Å². The SMILES string of the molecule is Brc1ccc([C@@H]2CCCCN2)s1.Cl. The Hall–Kier alpha value is 0.430. The first kappa shape index (κ1) is 11.5. The Balaban J connectivity index is 0.000000845. The van der Waals surface area contributed by atoms with Crippen molar-refractivity contribution in [3.8, 4) is 0 Å². The highest BCUT2D eigenvalue weighted by molar-refractivity contribution is 9.11. The van der Waals surface area contributed by atoms with Crippen molar-refractivity contribution in [1.29, 1.82) is 0 Å². The van der Waals surface area contributed by atoms with Crippen molar-refractivity contribution >= 4 is 39.7 Å². The fourth-order valence-electron chi connectivity index (χ4n) is 1.61. The van der Waals surface area contributed by atoms with Gasteiger partial charge in [0.25, 0.3) is 0 Å². The summed E-state index contributed by atoms with van der Waals surface area (Å²) in [4.78, 5) is 1.47. The molecule has 0 aliphatic carbocycles. The van der Waals surface area contributed by atoms with Gasteiger partial charge in [-0.3, -0.25) is 0 Å². The third-order valence-electron chi connectivity index (χ3n) is 2.25. The highest BCUT2D eigenvalue weighted by atomic mass is 79.9. The number of hydrogen-bond donors (Lipinski definition) is 1.